The summed E-state index contributed by atoms with van der Waals surface area (Å²) in [7, 11) is 0. The number of fused-ring (bicyclic) bond motifs is 1. The Morgan fingerprint density at radius 3 is 2.59 bits per heavy atom. The van der Waals surface area contributed by atoms with Crippen LogP contribution in [0, 0.1) is 10.1 Å². The number of non-ortho nitro benzene ring substituents is 1. The van der Waals surface area contributed by atoms with Crippen LogP contribution in [0.15, 0.2) is 54.7 Å². The van der Waals surface area contributed by atoms with Gasteiger partial charge in [0.25, 0.3) is 5.69 Å². The van der Waals surface area contributed by atoms with Gasteiger partial charge in [0.1, 0.15) is 0 Å². The van der Waals surface area contributed by atoms with E-state index in [0.29, 0.717) is 18.1 Å². The maximum Gasteiger partial charge on any atom is 0.269 e. The van der Waals surface area contributed by atoms with Crippen molar-refractivity contribution in [2.75, 3.05) is 11.9 Å². The van der Waals surface area contributed by atoms with Crippen molar-refractivity contribution in [2.24, 2.45) is 0 Å². The molecule has 0 amide bonds. The summed E-state index contributed by atoms with van der Waals surface area (Å²) >= 11 is 6.04. The van der Waals surface area contributed by atoms with Gasteiger partial charge < -0.3 is 10.6 Å². The van der Waals surface area contributed by atoms with Gasteiger partial charge in [-0.15, -0.1) is 0 Å². The molecule has 0 atom stereocenters. The van der Waals surface area contributed by atoms with Crippen molar-refractivity contribution in [1.29, 1.82) is 0 Å². The van der Waals surface area contributed by atoms with Gasteiger partial charge in [0.15, 0.2) is 0 Å². The lowest BCUT2D eigenvalue weighted by Gasteiger charge is -2.27. The van der Waals surface area contributed by atoms with Crippen LogP contribution in [-0.4, -0.2) is 22.0 Å². The molecule has 0 saturated carbocycles. The van der Waals surface area contributed by atoms with Crippen LogP contribution < -0.4 is 10.6 Å². The van der Waals surface area contributed by atoms with Gasteiger partial charge in [0, 0.05) is 53.1 Å². The molecule has 6 nitrogen and oxygen atoms in total. The van der Waals surface area contributed by atoms with Crippen molar-refractivity contribution in [1.82, 2.24) is 10.3 Å². The zero-order valence-corrected chi connectivity index (χ0v) is 16.0. The van der Waals surface area contributed by atoms with Crippen molar-refractivity contribution in [3.63, 3.8) is 0 Å². The van der Waals surface area contributed by atoms with Crippen LogP contribution in [0.2, 0.25) is 5.02 Å². The highest BCUT2D eigenvalue weighted by Gasteiger charge is 2.17. The highest BCUT2D eigenvalue weighted by Crippen LogP contribution is 2.24. The van der Waals surface area contributed by atoms with Crippen LogP contribution in [0.1, 0.15) is 19.4 Å². The van der Waals surface area contributed by atoms with E-state index in [1.165, 1.54) is 12.1 Å². The molecule has 0 radical (unpaired) electrons. The average molecular weight is 385 g/mol. The molecule has 2 aromatic carbocycles. The van der Waals surface area contributed by atoms with Gasteiger partial charge in [0.05, 0.1) is 10.4 Å². The number of nitro groups is 1. The van der Waals surface area contributed by atoms with E-state index in [-0.39, 0.29) is 11.2 Å². The quantitative estimate of drug-likeness (QED) is 0.452. The standard InChI is InChI=1S/C20H21ClN4O2/c1-20(2,24-12-14-3-6-16(7-4-14)25(26)27)13-23-18-9-10-22-19-11-15(21)5-8-17(18)19/h3-11,24H,12-13H2,1-2H3,(H,22,23). The molecule has 0 aliphatic heterocycles. The Hall–Kier alpha value is -2.70. The van der Waals surface area contributed by atoms with E-state index >= 15 is 0 Å². The summed E-state index contributed by atoms with van der Waals surface area (Å²) in [6.07, 6.45) is 1.76. The molecule has 3 aromatic rings. The largest absolute Gasteiger partial charge is 0.383 e. The summed E-state index contributed by atoms with van der Waals surface area (Å²) in [6.45, 7) is 5.53. The molecule has 0 saturated heterocycles. The minimum Gasteiger partial charge on any atom is -0.383 e. The summed E-state index contributed by atoms with van der Waals surface area (Å²) < 4.78 is 0. The number of nitrogens with zero attached hydrogens (tertiary/aromatic N) is 2. The van der Waals surface area contributed by atoms with E-state index in [1.807, 2.05) is 24.3 Å². The molecule has 0 spiro atoms. The number of anilines is 1. The van der Waals surface area contributed by atoms with E-state index in [2.05, 4.69) is 29.5 Å². The number of hydrogen-bond acceptors (Lipinski definition) is 5. The summed E-state index contributed by atoms with van der Waals surface area (Å²) in [5.74, 6) is 0. The van der Waals surface area contributed by atoms with Gasteiger partial charge in [-0.3, -0.25) is 15.1 Å². The maximum absolute atomic E-state index is 10.7. The van der Waals surface area contributed by atoms with Gasteiger partial charge in [-0.05, 0) is 43.7 Å². The fourth-order valence-electron chi connectivity index (χ4n) is 2.73. The zero-order valence-electron chi connectivity index (χ0n) is 15.2. The van der Waals surface area contributed by atoms with E-state index in [1.54, 1.807) is 18.3 Å². The third kappa shape index (κ3) is 4.93. The SMILES string of the molecule is CC(C)(CNc1ccnc2cc(Cl)ccc12)NCc1ccc([N+](=O)[O-])cc1. The molecule has 1 aromatic heterocycles. The lowest BCUT2D eigenvalue weighted by atomic mass is 10.0. The number of halogens is 1. The molecule has 0 bridgehead atoms. The second-order valence-electron chi connectivity index (χ2n) is 7.03. The van der Waals surface area contributed by atoms with Gasteiger partial charge in [-0.2, -0.15) is 0 Å². The molecule has 140 valence electrons. The van der Waals surface area contributed by atoms with Crippen molar-refractivity contribution in [2.45, 2.75) is 25.9 Å². The van der Waals surface area contributed by atoms with E-state index in [4.69, 9.17) is 11.6 Å². The minimum atomic E-state index is -0.392. The summed E-state index contributed by atoms with van der Waals surface area (Å²) in [4.78, 5) is 14.7. The molecule has 1 heterocycles. The van der Waals surface area contributed by atoms with Crippen molar-refractivity contribution < 1.29 is 4.92 Å². The first kappa shape index (κ1) is 19.1. The topological polar surface area (TPSA) is 80.1 Å². The van der Waals surface area contributed by atoms with Crippen LogP contribution in [0.4, 0.5) is 11.4 Å². The molecule has 7 heteroatoms. The van der Waals surface area contributed by atoms with Crippen molar-refractivity contribution in [3.8, 4) is 0 Å². The summed E-state index contributed by atoms with van der Waals surface area (Å²) in [6, 6.07) is 14.2. The maximum atomic E-state index is 10.7. The third-order valence-electron chi connectivity index (χ3n) is 4.34. The Bertz CT molecular complexity index is 958. The fraction of sp³-hybridized carbons (Fsp3) is 0.250. The van der Waals surface area contributed by atoms with Crippen LogP contribution in [-0.2, 0) is 6.54 Å². The normalized spacial score (nSPS) is 11.5. The van der Waals surface area contributed by atoms with Gasteiger partial charge >= 0.3 is 0 Å². The molecular formula is C20H21ClN4O2. The number of pyridine rings is 1. The molecule has 0 unspecified atom stereocenters. The van der Waals surface area contributed by atoms with Crippen molar-refractivity contribution >= 4 is 33.9 Å². The highest BCUT2D eigenvalue weighted by atomic mass is 35.5. The number of nitro benzene ring substituents is 1. The number of hydrogen-bond donors (Lipinski definition) is 2. The molecular weight excluding hydrogens is 364 g/mol. The minimum absolute atomic E-state index is 0.101. The Morgan fingerprint density at radius 2 is 1.89 bits per heavy atom. The molecule has 27 heavy (non-hydrogen) atoms. The molecule has 2 N–H and O–H groups in total. The Balaban J connectivity index is 1.62. The Morgan fingerprint density at radius 1 is 1.15 bits per heavy atom. The first-order chi connectivity index (χ1) is 12.8. The smallest absolute Gasteiger partial charge is 0.269 e. The van der Waals surface area contributed by atoms with E-state index < -0.39 is 4.92 Å². The number of rotatable bonds is 7. The molecule has 0 aliphatic rings. The van der Waals surface area contributed by atoms with Gasteiger partial charge in [-0.25, -0.2) is 0 Å². The first-order valence-corrected chi connectivity index (χ1v) is 8.98. The average Bonchev–Trinajstić information content (AvgIpc) is 2.65. The van der Waals surface area contributed by atoms with Crippen LogP contribution >= 0.6 is 11.6 Å². The Labute approximate surface area is 162 Å². The fourth-order valence-corrected chi connectivity index (χ4v) is 2.90. The van der Waals surface area contributed by atoms with Crippen LogP contribution in [0.3, 0.4) is 0 Å². The monoisotopic (exact) mass is 384 g/mol. The van der Waals surface area contributed by atoms with Crippen molar-refractivity contribution in [3.05, 3.63) is 75.4 Å². The summed E-state index contributed by atoms with van der Waals surface area (Å²) in [5, 5.41) is 19.4. The highest BCUT2D eigenvalue weighted by molar-refractivity contribution is 6.31. The number of benzene rings is 2. The van der Waals surface area contributed by atoms with E-state index in [0.717, 1.165) is 22.2 Å². The molecule has 3 rings (SSSR count). The van der Waals surface area contributed by atoms with Gasteiger partial charge in [0.2, 0.25) is 0 Å². The third-order valence-corrected chi connectivity index (χ3v) is 4.58. The molecule has 0 aliphatic carbocycles. The predicted octanol–water partition coefficient (Wildman–Crippen LogP) is 4.78. The second-order valence-corrected chi connectivity index (χ2v) is 7.47. The molecule has 0 fully saturated rings. The summed E-state index contributed by atoms with van der Waals surface area (Å²) in [5.41, 5.74) is 2.76. The second kappa shape index (κ2) is 7.90. The van der Waals surface area contributed by atoms with E-state index in [9.17, 15) is 10.1 Å². The Kier molecular flexibility index (Phi) is 5.58. The zero-order chi connectivity index (χ0) is 19.4. The number of nitrogens with one attached hydrogen (secondary N) is 2. The lowest BCUT2D eigenvalue weighted by molar-refractivity contribution is -0.384. The van der Waals surface area contributed by atoms with Gasteiger partial charge in [-0.1, -0.05) is 23.7 Å². The predicted molar refractivity (Wildman–Crippen MR) is 109 cm³/mol. The van der Waals surface area contributed by atoms with Crippen LogP contribution in [0.5, 0.6) is 0 Å². The van der Waals surface area contributed by atoms with Crippen LogP contribution in [0.25, 0.3) is 10.9 Å². The number of aromatic nitrogens is 1. The lowest BCUT2D eigenvalue weighted by Crippen LogP contribution is -2.44. The first-order valence-electron chi connectivity index (χ1n) is 8.61.